The predicted octanol–water partition coefficient (Wildman–Crippen LogP) is 3.77. The molecule has 2 aromatic carbocycles. The molecule has 0 unspecified atom stereocenters. The van der Waals surface area contributed by atoms with Crippen LogP contribution in [0.4, 0.5) is 0 Å². The van der Waals surface area contributed by atoms with Gasteiger partial charge in [0, 0.05) is 35.1 Å². The van der Waals surface area contributed by atoms with E-state index in [1.165, 1.54) is 6.08 Å². The van der Waals surface area contributed by atoms with Crippen molar-refractivity contribution in [3.05, 3.63) is 77.0 Å². The van der Waals surface area contributed by atoms with E-state index in [0.717, 1.165) is 16.5 Å². The number of fused-ring (bicyclic) bond motifs is 1. The Kier molecular flexibility index (Phi) is 6.28. The number of amides is 2. The lowest BCUT2D eigenvalue weighted by molar-refractivity contribution is -0.116. The normalized spacial score (nSPS) is 11.0. The molecule has 0 saturated heterocycles. The molecule has 3 aromatic rings. The van der Waals surface area contributed by atoms with E-state index in [1.807, 2.05) is 42.5 Å². The molecule has 0 radical (unpaired) electrons. The van der Waals surface area contributed by atoms with Gasteiger partial charge in [0.15, 0.2) is 0 Å². The molecule has 6 heteroatoms. The summed E-state index contributed by atoms with van der Waals surface area (Å²) in [7, 11) is 0. The van der Waals surface area contributed by atoms with Crippen molar-refractivity contribution in [3.8, 4) is 0 Å². The maximum absolute atomic E-state index is 12.1. The SMILES string of the molecule is O=C(C=Cc1ccc(Cl)cc1)NCCCNC(=O)c1cc2ccccc2[nH]1. The Morgan fingerprint density at radius 3 is 2.52 bits per heavy atom. The Balaban J connectivity index is 1.36. The summed E-state index contributed by atoms with van der Waals surface area (Å²) in [4.78, 5) is 27.0. The van der Waals surface area contributed by atoms with Crippen molar-refractivity contribution >= 4 is 40.4 Å². The van der Waals surface area contributed by atoms with Crippen molar-refractivity contribution < 1.29 is 9.59 Å². The summed E-state index contributed by atoms with van der Waals surface area (Å²) in [5.74, 6) is -0.327. The second-order valence-corrected chi connectivity index (χ2v) is 6.49. The highest BCUT2D eigenvalue weighted by atomic mass is 35.5. The quantitative estimate of drug-likeness (QED) is 0.430. The molecule has 0 spiro atoms. The number of hydrogen-bond acceptors (Lipinski definition) is 2. The summed E-state index contributed by atoms with van der Waals surface area (Å²) >= 11 is 5.82. The number of halogens is 1. The molecular weight excluding hydrogens is 362 g/mol. The molecule has 138 valence electrons. The molecule has 0 bridgehead atoms. The average molecular weight is 382 g/mol. The van der Waals surface area contributed by atoms with Crippen LogP contribution in [0, 0.1) is 0 Å². The molecule has 0 aliphatic carbocycles. The summed E-state index contributed by atoms with van der Waals surface area (Å²) in [6.45, 7) is 0.964. The van der Waals surface area contributed by atoms with E-state index in [9.17, 15) is 9.59 Å². The topological polar surface area (TPSA) is 74.0 Å². The van der Waals surface area contributed by atoms with Gasteiger partial charge in [-0.2, -0.15) is 0 Å². The van der Waals surface area contributed by atoms with Crippen LogP contribution < -0.4 is 10.6 Å². The van der Waals surface area contributed by atoms with Gasteiger partial charge in [-0.25, -0.2) is 0 Å². The van der Waals surface area contributed by atoms with Gasteiger partial charge in [0.25, 0.3) is 5.91 Å². The number of aromatic nitrogens is 1. The molecule has 0 saturated carbocycles. The molecule has 0 aliphatic heterocycles. The van der Waals surface area contributed by atoms with E-state index in [2.05, 4.69) is 15.6 Å². The first-order valence-corrected chi connectivity index (χ1v) is 9.07. The first-order chi connectivity index (χ1) is 13.1. The fourth-order valence-corrected chi connectivity index (χ4v) is 2.72. The van der Waals surface area contributed by atoms with Gasteiger partial charge < -0.3 is 15.6 Å². The van der Waals surface area contributed by atoms with Gasteiger partial charge in [0.05, 0.1) is 0 Å². The van der Waals surface area contributed by atoms with Gasteiger partial charge in [-0.3, -0.25) is 9.59 Å². The lowest BCUT2D eigenvalue weighted by Gasteiger charge is -2.04. The van der Waals surface area contributed by atoms with Crippen molar-refractivity contribution in [3.63, 3.8) is 0 Å². The highest BCUT2D eigenvalue weighted by Gasteiger charge is 2.08. The van der Waals surface area contributed by atoms with Crippen LogP contribution in [0.5, 0.6) is 0 Å². The van der Waals surface area contributed by atoms with Crippen LogP contribution in [0.1, 0.15) is 22.5 Å². The number of carbonyl (C=O) groups excluding carboxylic acids is 2. The highest BCUT2D eigenvalue weighted by Crippen LogP contribution is 2.14. The first-order valence-electron chi connectivity index (χ1n) is 8.69. The molecule has 3 rings (SSSR count). The number of benzene rings is 2. The smallest absolute Gasteiger partial charge is 0.267 e. The second-order valence-electron chi connectivity index (χ2n) is 6.06. The number of nitrogens with one attached hydrogen (secondary N) is 3. The lowest BCUT2D eigenvalue weighted by atomic mass is 10.2. The Hall–Kier alpha value is -3.05. The van der Waals surface area contributed by atoms with Gasteiger partial charge in [0.2, 0.25) is 5.91 Å². The molecule has 5 nitrogen and oxygen atoms in total. The minimum absolute atomic E-state index is 0.153. The van der Waals surface area contributed by atoms with Gasteiger partial charge in [-0.15, -0.1) is 0 Å². The maximum Gasteiger partial charge on any atom is 0.267 e. The number of hydrogen-bond donors (Lipinski definition) is 3. The van der Waals surface area contributed by atoms with Crippen LogP contribution in [-0.2, 0) is 4.79 Å². The van der Waals surface area contributed by atoms with Crippen molar-refractivity contribution in [1.82, 2.24) is 15.6 Å². The van der Waals surface area contributed by atoms with Crippen LogP contribution in [0.3, 0.4) is 0 Å². The number of para-hydroxylation sites is 1. The van der Waals surface area contributed by atoms with Crippen molar-refractivity contribution in [2.45, 2.75) is 6.42 Å². The highest BCUT2D eigenvalue weighted by molar-refractivity contribution is 6.30. The first kappa shape index (κ1) is 18.7. The van der Waals surface area contributed by atoms with E-state index in [1.54, 1.807) is 18.2 Å². The van der Waals surface area contributed by atoms with Crippen molar-refractivity contribution in [1.29, 1.82) is 0 Å². The summed E-state index contributed by atoms with van der Waals surface area (Å²) in [6.07, 6.45) is 3.85. The Bertz CT molecular complexity index is 928. The molecule has 27 heavy (non-hydrogen) atoms. The molecule has 2 amide bonds. The summed E-state index contributed by atoms with van der Waals surface area (Å²) in [5, 5.41) is 7.29. The molecule has 0 aliphatic rings. The van der Waals surface area contributed by atoms with Crippen LogP contribution in [0.2, 0.25) is 5.02 Å². The third-order valence-electron chi connectivity index (χ3n) is 4.01. The van der Waals surface area contributed by atoms with Crippen molar-refractivity contribution in [2.75, 3.05) is 13.1 Å². The Labute approximate surface area is 162 Å². The number of carbonyl (C=O) groups is 2. The summed E-state index contributed by atoms with van der Waals surface area (Å²) in [5.41, 5.74) is 2.37. The van der Waals surface area contributed by atoms with Crippen LogP contribution in [0.25, 0.3) is 17.0 Å². The maximum atomic E-state index is 12.1. The zero-order valence-electron chi connectivity index (χ0n) is 14.7. The average Bonchev–Trinajstić information content (AvgIpc) is 3.11. The van der Waals surface area contributed by atoms with Crippen LogP contribution in [0.15, 0.2) is 60.7 Å². The number of aromatic amines is 1. The number of H-pyrrole nitrogens is 1. The van der Waals surface area contributed by atoms with Crippen LogP contribution >= 0.6 is 11.6 Å². The van der Waals surface area contributed by atoms with Crippen LogP contribution in [-0.4, -0.2) is 29.9 Å². The zero-order valence-corrected chi connectivity index (χ0v) is 15.4. The van der Waals surface area contributed by atoms with Crippen molar-refractivity contribution in [2.24, 2.45) is 0 Å². The second kappa shape index (κ2) is 9.05. The van der Waals surface area contributed by atoms with Gasteiger partial charge in [-0.05, 0) is 42.3 Å². The minimum Gasteiger partial charge on any atom is -0.352 e. The summed E-state index contributed by atoms with van der Waals surface area (Å²) < 4.78 is 0. The fraction of sp³-hybridized carbons (Fsp3) is 0.143. The Morgan fingerprint density at radius 2 is 1.74 bits per heavy atom. The summed E-state index contributed by atoms with van der Waals surface area (Å²) in [6, 6.07) is 16.8. The molecule has 1 aromatic heterocycles. The molecular formula is C21H20ClN3O2. The third kappa shape index (κ3) is 5.46. The largest absolute Gasteiger partial charge is 0.352 e. The predicted molar refractivity (Wildman–Crippen MR) is 109 cm³/mol. The third-order valence-corrected chi connectivity index (χ3v) is 4.26. The minimum atomic E-state index is -0.174. The zero-order chi connectivity index (χ0) is 19.1. The van der Waals surface area contributed by atoms with Gasteiger partial charge in [-0.1, -0.05) is 41.9 Å². The fourth-order valence-electron chi connectivity index (χ4n) is 2.60. The van der Waals surface area contributed by atoms with E-state index in [-0.39, 0.29) is 11.8 Å². The number of rotatable bonds is 7. The Morgan fingerprint density at radius 1 is 1.00 bits per heavy atom. The van der Waals surface area contributed by atoms with E-state index in [0.29, 0.717) is 30.2 Å². The molecule has 0 fully saturated rings. The molecule has 3 N–H and O–H groups in total. The van der Waals surface area contributed by atoms with E-state index in [4.69, 9.17) is 11.6 Å². The van der Waals surface area contributed by atoms with Gasteiger partial charge in [0.1, 0.15) is 5.69 Å². The molecule has 1 heterocycles. The molecule has 0 atom stereocenters. The van der Waals surface area contributed by atoms with E-state index >= 15 is 0 Å². The monoisotopic (exact) mass is 381 g/mol. The van der Waals surface area contributed by atoms with Gasteiger partial charge >= 0.3 is 0 Å². The standard InChI is InChI=1S/C21H20ClN3O2/c22-17-9-6-15(7-10-17)8-11-20(26)23-12-3-13-24-21(27)19-14-16-4-1-2-5-18(16)25-19/h1-2,4-11,14,25H,3,12-13H2,(H,23,26)(H,24,27). The lowest BCUT2D eigenvalue weighted by Crippen LogP contribution is -2.29. The van der Waals surface area contributed by atoms with E-state index < -0.39 is 0 Å².